The van der Waals surface area contributed by atoms with E-state index in [2.05, 4.69) is 6.92 Å². The molecule has 0 saturated heterocycles. The van der Waals surface area contributed by atoms with Crippen molar-refractivity contribution in [3.63, 3.8) is 0 Å². The molecular weight excluding hydrogens is 206 g/mol. The summed E-state index contributed by atoms with van der Waals surface area (Å²) in [6.07, 6.45) is 4.40. The SMILES string of the molecule is CCCc1ccc(/C=C/[N+](=O)[O-])c(OC)c1. The Balaban J connectivity index is 2.97. The Morgan fingerprint density at radius 1 is 1.50 bits per heavy atom. The van der Waals surface area contributed by atoms with Gasteiger partial charge in [0.1, 0.15) is 5.75 Å². The van der Waals surface area contributed by atoms with E-state index in [0.29, 0.717) is 5.75 Å². The largest absolute Gasteiger partial charge is 0.496 e. The van der Waals surface area contributed by atoms with Gasteiger partial charge in [-0.2, -0.15) is 0 Å². The lowest BCUT2D eigenvalue weighted by atomic mass is 10.1. The van der Waals surface area contributed by atoms with Crippen LogP contribution in [0, 0.1) is 10.1 Å². The van der Waals surface area contributed by atoms with Gasteiger partial charge in [-0.25, -0.2) is 0 Å². The van der Waals surface area contributed by atoms with E-state index in [1.54, 1.807) is 7.11 Å². The van der Waals surface area contributed by atoms with Gasteiger partial charge in [0.2, 0.25) is 6.20 Å². The van der Waals surface area contributed by atoms with Gasteiger partial charge in [-0.05, 0) is 18.1 Å². The molecule has 0 N–H and O–H groups in total. The first-order valence-electron chi connectivity index (χ1n) is 5.16. The zero-order valence-electron chi connectivity index (χ0n) is 9.47. The minimum atomic E-state index is -0.487. The van der Waals surface area contributed by atoms with E-state index in [9.17, 15) is 10.1 Å². The molecule has 0 spiro atoms. The Morgan fingerprint density at radius 3 is 2.81 bits per heavy atom. The molecule has 0 heterocycles. The first-order chi connectivity index (χ1) is 7.67. The van der Waals surface area contributed by atoms with E-state index < -0.39 is 4.92 Å². The van der Waals surface area contributed by atoms with Crippen molar-refractivity contribution in [2.75, 3.05) is 7.11 Å². The van der Waals surface area contributed by atoms with Crippen LogP contribution < -0.4 is 4.74 Å². The fourth-order valence-electron chi connectivity index (χ4n) is 1.48. The molecule has 0 saturated carbocycles. The first-order valence-corrected chi connectivity index (χ1v) is 5.16. The zero-order valence-corrected chi connectivity index (χ0v) is 9.47. The van der Waals surface area contributed by atoms with E-state index in [4.69, 9.17) is 4.74 Å². The molecule has 1 aromatic rings. The van der Waals surface area contributed by atoms with Crippen molar-refractivity contribution >= 4 is 6.08 Å². The van der Waals surface area contributed by atoms with E-state index in [0.717, 1.165) is 24.6 Å². The molecule has 0 fully saturated rings. The van der Waals surface area contributed by atoms with Crippen molar-refractivity contribution in [1.82, 2.24) is 0 Å². The number of aryl methyl sites for hydroxylation is 1. The Labute approximate surface area is 94.7 Å². The molecule has 0 amide bonds. The Kier molecular flexibility index (Phi) is 4.51. The second kappa shape index (κ2) is 5.90. The summed E-state index contributed by atoms with van der Waals surface area (Å²) in [5, 5.41) is 10.2. The minimum absolute atomic E-state index is 0.487. The number of methoxy groups -OCH3 is 1. The highest BCUT2D eigenvalue weighted by atomic mass is 16.6. The van der Waals surface area contributed by atoms with Gasteiger partial charge in [-0.3, -0.25) is 10.1 Å². The van der Waals surface area contributed by atoms with Gasteiger partial charge in [0.05, 0.1) is 12.0 Å². The molecular formula is C12H15NO3. The number of nitrogens with zero attached hydrogens (tertiary/aromatic N) is 1. The summed E-state index contributed by atoms with van der Waals surface area (Å²) >= 11 is 0. The highest BCUT2D eigenvalue weighted by Gasteiger charge is 2.02. The van der Waals surface area contributed by atoms with Crippen molar-refractivity contribution in [3.8, 4) is 5.75 Å². The van der Waals surface area contributed by atoms with Crippen LogP contribution in [0.2, 0.25) is 0 Å². The number of rotatable bonds is 5. The van der Waals surface area contributed by atoms with Gasteiger partial charge in [0.25, 0.3) is 0 Å². The van der Waals surface area contributed by atoms with E-state index in [1.165, 1.54) is 11.6 Å². The molecule has 0 bridgehead atoms. The molecule has 4 nitrogen and oxygen atoms in total. The maximum absolute atomic E-state index is 10.2. The van der Waals surface area contributed by atoms with Crippen LogP contribution in [0.4, 0.5) is 0 Å². The Morgan fingerprint density at radius 2 is 2.25 bits per heavy atom. The summed E-state index contributed by atoms with van der Waals surface area (Å²) in [4.78, 5) is 9.73. The maximum atomic E-state index is 10.2. The number of nitro groups is 1. The lowest BCUT2D eigenvalue weighted by Gasteiger charge is -2.06. The summed E-state index contributed by atoms with van der Waals surface area (Å²) in [6.45, 7) is 2.10. The number of ether oxygens (including phenoxy) is 1. The van der Waals surface area contributed by atoms with Crippen LogP contribution in [0.3, 0.4) is 0 Å². The lowest BCUT2D eigenvalue weighted by molar-refractivity contribution is -0.400. The third-order valence-electron chi connectivity index (χ3n) is 2.21. The molecule has 1 rings (SSSR count). The van der Waals surface area contributed by atoms with Gasteiger partial charge in [-0.15, -0.1) is 0 Å². The molecule has 0 aliphatic carbocycles. The van der Waals surface area contributed by atoms with Crippen LogP contribution in [-0.4, -0.2) is 12.0 Å². The van der Waals surface area contributed by atoms with Crippen molar-refractivity contribution in [2.45, 2.75) is 19.8 Å². The third-order valence-corrected chi connectivity index (χ3v) is 2.21. The maximum Gasteiger partial charge on any atom is 0.235 e. The third kappa shape index (κ3) is 3.38. The summed E-state index contributed by atoms with van der Waals surface area (Å²) in [5.74, 6) is 0.670. The van der Waals surface area contributed by atoms with Crippen molar-refractivity contribution in [2.24, 2.45) is 0 Å². The summed E-state index contributed by atoms with van der Waals surface area (Å²) in [6, 6.07) is 5.72. The molecule has 0 aromatic heterocycles. The molecule has 16 heavy (non-hydrogen) atoms. The monoisotopic (exact) mass is 221 g/mol. The molecule has 0 radical (unpaired) electrons. The van der Waals surface area contributed by atoms with Gasteiger partial charge in [-0.1, -0.05) is 25.5 Å². The first kappa shape index (κ1) is 12.2. The van der Waals surface area contributed by atoms with E-state index in [-0.39, 0.29) is 0 Å². The predicted octanol–water partition coefficient (Wildman–Crippen LogP) is 2.90. The second-order valence-electron chi connectivity index (χ2n) is 3.43. The summed E-state index contributed by atoms with van der Waals surface area (Å²) in [7, 11) is 1.56. The molecule has 0 aliphatic heterocycles. The molecule has 0 atom stereocenters. The van der Waals surface area contributed by atoms with Crippen LogP contribution in [-0.2, 0) is 6.42 Å². The smallest absolute Gasteiger partial charge is 0.235 e. The van der Waals surface area contributed by atoms with Crippen LogP contribution in [0.25, 0.3) is 6.08 Å². The van der Waals surface area contributed by atoms with E-state index in [1.807, 2.05) is 18.2 Å². The highest BCUT2D eigenvalue weighted by molar-refractivity contribution is 5.57. The molecule has 1 aromatic carbocycles. The quantitative estimate of drug-likeness (QED) is 0.567. The van der Waals surface area contributed by atoms with E-state index >= 15 is 0 Å². The lowest BCUT2D eigenvalue weighted by Crippen LogP contribution is -1.91. The number of benzene rings is 1. The zero-order chi connectivity index (χ0) is 12.0. The van der Waals surface area contributed by atoms with Crippen LogP contribution in [0.1, 0.15) is 24.5 Å². The number of hydrogen-bond donors (Lipinski definition) is 0. The summed E-state index contributed by atoms with van der Waals surface area (Å²) in [5.41, 5.74) is 1.90. The minimum Gasteiger partial charge on any atom is -0.496 e. The molecule has 0 aliphatic rings. The molecule has 4 heteroatoms. The van der Waals surface area contributed by atoms with Gasteiger partial charge in [0, 0.05) is 11.6 Å². The van der Waals surface area contributed by atoms with Gasteiger partial charge in [0.15, 0.2) is 0 Å². The van der Waals surface area contributed by atoms with Crippen molar-refractivity contribution < 1.29 is 9.66 Å². The fraction of sp³-hybridized carbons (Fsp3) is 0.333. The normalized spacial score (nSPS) is 10.6. The highest BCUT2D eigenvalue weighted by Crippen LogP contribution is 2.22. The Bertz CT molecular complexity index is 399. The molecule has 0 unspecified atom stereocenters. The molecule has 86 valence electrons. The van der Waals surface area contributed by atoms with Crippen molar-refractivity contribution in [1.29, 1.82) is 0 Å². The number of hydrogen-bond acceptors (Lipinski definition) is 3. The fourth-order valence-corrected chi connectivity index (χ4v) is 1.48. The average molecular weight is 221 g/mol. The average Bonchev–Trinajstić information content (AvgIpc) is 2.27. The van der Waals surface area contributed by atoms with Crippen LogP contribution in [0.15, 0.2) is 24.4 Å². The van der Waals surface area contributed by atoms with Crippen LogP contribution in [0.5, 0.6) is 5.75 Å². The summed E-state index contributed by atoms with van der Waals surface area (Å²) < 4.78 is 5.19. The Hall–Kier alpha value is -1.84. The topological polar surface area (TPSA) is 52.4 Å². The van der Waals surface area contributed by atoms with Crippen molar-refractivity contribution in [3.05, 3.63) is 45.6 Å². The standard InChI is InChI=1S/C12H15NO3/c1-3-4-10-5-6-11(7-8-13(14)15)12(9-10)16-2/h5-9H,3-4H2,1-2H3/b8-7+. The predicted molar refractivity (Wildman–Crippen MR) is 63.0 cm³/mol. The van der Waals surface area contributed by atoms with Gasteiger partial charge < -0.3 is 4.74 Å². The van der Waals surface area contributed by atoms with Gasteiger partial charge >= 0.3 is 0 Å². The van der Waals surface area contributed by atoms with Crippen LogP contribution >= 0.6 is 0 Å². The second-order valence-corrected chi connectivity index (χ2v) is 3.43.